The zero-order valence-electron chi connectivity index (χ0n) is 13.5. The van der Waals surface area contributed by atoms with Crippen molar-refractivity contribution in [3.05, 3.63) is 0 Å². The normalized spacial score (nSPS) is 26.0. The van der Waals surface area contributed by atoms with Crippen molar-refractivity contribution in [3.63, 3.8) is 0 Å². The number of rotatable bonds is 4. The molecule has 2 rings (SSSR count). The fraction of sp³-hybridized carbons (Fsp3) is 0.714. The number of thioether (sulfide) groups is 1. The van der Waals surface area contributed by atoms with Crippen LogP contribution < -0.4 is 5.32 Å². The van der Waals surface area contributed by atoms with Crippen LogP contribution in [-0.2, 0) is 9.59 Å². The van der Waals surface area contributed by atoms with Crippen LogP contribution in [0.15, 0.2) is 4.99 Å². The van der Waals surface area contributed by atoms with E-state index in [1.54, 1.807) is 7.05 Å². The Morgan fingerprint density at radius 3 is 2.55 bits per heavy atom. The van der Waals surface area contributed by atoms with E-state index in [-0.39, 0.29) is 16.9 Å². The van der Waals surface area contributed by atoms with Gasteiger partial charge in [-0.25, -0.2) is 9.79 Å². The standard InChI is InChI=1S/C14H22N4O3S/c1-7(2)6-18-10-11(17(5)13(21)16-12(10)20)15-14(18)22-9(4)8(3)19/h7,9-11H,6H2,1-5H3,(H,16,20,21). The molecule has 1 fully saturated rings. The van der Waals surface area contributed by atoms with Crippen molar-refractivity contribution in [1.82, 2.24) is 15.1 Å². The summed E-state index contributed by atoms with van der Waals surface area (Å²) < 4.78 is 0. The number of ketones is 1. The molecule has 0 spiro atoms. The van der Waals surface area contributed by atoms with Crippen LogP contribution in [0.5, 0.6) is 0 Å². The van der Waals surface area contributed by atoms with E-state index in [0.717, 1.165) is 0 Å². The highest BCUT2D eigenvalue weighted by atomic mass is 32.2. The minimum atomic E-state index is -0.526. The molecule has 22 heavy (non-hydrogen) atoms. The average molecular weight is 326 g/mol. The first-order valence-corrected chi connectivity index (χ1v) is 8.19. The van der Waals surface area contributed by atoms with Crippen molar-refractivity contribution < 1.29 is 14.4 Å². The molecule has 122 valence electrons. The lowest BCUT2D eigenvalue weighted by molar-refractivity contribution is -0.127. The number of nitrogens with zero attached hydrogens (tertiary/aromatic N) is 3. The molecule has 0 aromatic rings. The maximum atomic E-state index is 12.2. The molecule has 3 unspecified atom stereocenters. The number of imide groups is 1. The number of aliphatic imine (C=N–C) groups is 1. The van der Waals surface area contributed by atoms with Gasteiger partial charge in [-0.15, -0.1) is 0 Å². The molecule has 3 amide bonds. The minimum Gasteiger partial charge on any atom is -0.335 e. The molecule has 2 heterocycles. The number of amidine groups is 1. The SMILES string of the molecule is CC(=O)C(C)SC1=NC2C(C(=O)NC(=O)N2C)N1CC(C)C. The Morgan fingerprint density at radius 2 is 2.00 bits per heavy atom. The fourth-order valence-electron chi connectivity index (χ4n) is 2.43. The molecule has 0 bridgehead atoms. The number of fused-ring (bicyclic) bond motifs is 1. The summed E-state index contributed by atoms with van der Waals surface area (Å²) in [5, 5.41) is 2.77. The number of hydrogen-bond acceptors (Lipinski definition) is 6. The van der Waals surface area contributed by atoms with Gasteiger partial charge < -0.3 is 9.80 Å². The van der Waals surface area contributed by atoms with Gasteiger partial charge in [0.2, 0.25) is 0 Å². The van der Waals surface area contributed by atoms with E-state index >= 15 is 0 Å². The second-order valence-electron chi connectivity index (χ2n) is 6.09. The van der Waals surface area contributed by atoms with E-state index in [4.69, 9.17) is 0 Å². The zero-order valence-corrected chi connectivity index (χ0v) is 14.3. The summed E-state index contributed by atoms with van der Waals surface area (Å²) in [5.41, 5.74) is 0. The number of amides is 3. The van der Waals surface area contributed by atoms with Crippen molar-refractivity contribution in [3.8, 4) is 0 Å². The fourth-order valence-corrected chi connectivity index (χ4v) is 3.40. The topological polar surface area (TPSA) is 82.1 Å². The Labute approximate surface area is 134 Å². The van der Waals surface area contributed by atoms with E-state index < -0.39 is 18.2 Å². The largest absolute Gasteiger partial charge is 0.335 e. The van der Waals surface area contributed by atoms with Gasteiger partial charge in [-0.2, -0.15) is 0 Å². The van der Waals surface area contributed by atoms with Gasteiger partial charge in [0.15, 0.2) is 17.4 Å². The van der Waals surface area contributed by atoms with Crippen molar-refractivity contribution in [2.24, 2.45) is 10.9 Å². The van der Waals surface area contributed by atoms with Gasteiger partial charge in [-0.05, 0) is 19.8 Å². The van der Waals surface area contributed by atoms with Gasteiger partial charge in [-0.1, -0.05) is 25.6 Å². The molecule has 3 atom stereocenters. The monoisotopic (exact) mass is 326 g/mol. The van der Waals surface area contributed by atoms with Crippen LogP contribution in [0.2, 0.25) is 0 Å². The zero-order chi connectivity index (χ0) is 16.6. The van der Waals surface area contributed by atoms with Gasteiger partial charge in [0.1, 0.15) is 5.78 Å². The van der Waals surface area contributed by atoms with Crippen LogP contribution in [-0.4, -0.2) is 63.7 Å². The first-order chi connectivity index (χ1) is 10.2. The van der Waals surface area contributed by atoms with Crippen LogP contribution in [0.3, 0.4) is 0 Å². The highest BCUT2D eigenvalue weighted by molar-refractivity contribution is 8.14. The van der Waals surface area contributed by atoms with Gasteiger partial charge in [0.05, 0.1) is 5.25 Å². The van der Waals surface area contributed by atoms with Crippen LogP contribution in [0.25, 0.3) is 0 Å². The molecule has 2 aliphatic rings. The van der Waals surface area contributed by atoms with E-state index in [9.17, 15) is 14.4 Å². The molecule has 0 saturated carbocycles. The third-order valence-electron chi connectivity index (χ3n) is 3.74. The lowest BCUT2D eigenvalue weighted by Crippen LogP contribution is -2.63. The predicted octanol–water partition coefficient (Wildman–Crippen LogP) is 0.901. The molecule has 0 aromatic carbocycles. The number of likely N-dealkylation sites (N-methyl/N-ethyl adjacent to an activating group) is 1. The third-order valence-corrected chi connectivity index (χ3v) is 4.98. The molecule has 0 aliphatic carbocycles. The second-order valence-corrected chi connectivity index (χ2v) is 7.40. The molecule has 0 aromatic heterocycles. The molecule has 0 radical (unpaired) electrons. The van der Waals surface area contributed by atoms with Crippen molar-refractivity contribution >= 4 is 34.7 Å². The van der Waals surface area contributed by atoms with Crippen LogP contribution in [0, 0.1) is 5.92 Å². The van der Waals surface area contributed by atoms with Crippen molar-refractivity contribution in [2.75, 3.05) is 13.6 Å². The molecular weight excluding hydrogens is 304 g/mol. The second kappa shape index (κ2) is 6.28. The lowest BCUT2D eigenvalue weighted by Gasteiger charge is -2.36. The van der Waals surface area contributed by atoms with Crippen LogP contribution in [0.4, 0.5) is 4.79 Å². The van der Waals surface area contributed by atoms with Gasteiger partial charge in [-0.3, -0.25) is 14.9 Å². The van der Waals surface area contributed by atoms with E-state index in [0.29, 0.717) is 17.6 Å². The molecule has 8 heteroatoms. The number of carbonyl (C=O) groups excluding carboxylic acids is 3. The molecule has 1 N–H and O–H groups in total. The Hall–Kier alpha value is -1.57. The quantitative estimate of drug-likeness (QED) is 0.830. The van der Waals surface area contributed by atoms with Gasteiger partial charge in [0.25, 0.3) is 5.91 Å². The summed E-state index contributed by atoms with van der Waals surface area (Å²) >= 11 is 1.35. The first-order valence-electron chi connectivity index (χ1n) is 7.31. The summed E-state index contributed by atoms with van der Waals surface area (Å²) in [6.45, 7) is 8.11. The summed E-state index contributed by atoms with van der Waals surface area (Å²) in [7, 11) is 1.62. The predicted molar refractivity (Wildman–Crippen MR) is 85.6 cm³/mol. The maximum absolute atomic E-state index is 12.2. The average Bonchev–Trinajstić information content (AvgIpc) is 2.74. The molecule has 7 nitrogen and oxygen atoms in total. The smallest absolute Gasteiger partial charge is 0.325 e. The van der Waals surface area contributed by atoms with Crippen LogP contribution >= 0.6 is 11.8 Å². The van der Waals surface area contributed by atoms with E-state index in [1.165, 1.54) is 23.6 Å². The number of urea groups is 1. The van der Waals surface area contributed by atoms with Crippen molar-refractivity contribution in [1.29, 1.82) is 0 Å². The molecular formula is C14H22N4O3S. The minimum absolute atomic E-state index is 0.0564. The lowest BCUT2D eigenvalue weighted by atomic mass is 10.1. The number of hydrogen-bond donors (Lipinski definition) is 1. The number of Topliss-reactive ketones (excluding diaryl/α,β-unsaturated/α-hetero) is 1. The molecule has 2 aliphatic heterocycles. The highest BCUT2D eigenvalue weighted by Gasteiger charge is 2.48. The maximum Gasteiger partial charge on any atom is 0.325 e. The molecule has 1 saturated heterocycles. The van der Waals surface area contributed by atoms with Gasteiger partial charge >= 0.3 is 6.03 Å². The Kier molecular flexibility index (Phi) is 4.79. The third kappa shape index (κ3) is 3.11. The summed E-state index contributed by atoms with van der Waals surface area (Å²) in [5.74, 6) is 0.0532. The Bertz CT molecular complexity index is 534. The van der Waals surface area contributed by atoms with E-state index in [1.807, 2.05) is 11.8 Å². The van der Waals surface area contributed by atoms with Gasteiger partial charge in [0, 0.05) is 13.6 Å². The first kappa shape index (κ1) is 16.8. The van der Waals surface area contributed by atoms with Crippen LogP contribution in [0.1, 0.15) is 27.7 Å². The Morgan fingerprint density at radius 1 is 1.36 bits per heavy atom. The number of carbonyl (C=O) groups is 3. The summed E-state index contributed by atoms with van der Waals surface area (Å²) in [6, 6.07) is -0.961. The Balaban J connectivity index is 2.30. The highest BCUT2D eigenvalue weighted by Crippen LogP contribution is 2.31. The summed E-state index contributed by atoms with van der Waals surface area (Å²) in [6.07, 6.45) is -0.526. The summed E-state index contributed by atoms with van der Waals surface area (Å²) in [4.78, 5) is 43.4. The van der Waals surface area contributed by atoms with Crippen molar-refractivity contribution in [2.45, 2.75) is 45.2 Å². The van der Waals surface area contributed by atoms with E-state index in [2.05, 4.69) is 24.2 Å². The number of nitrogens with one attached hydrogen (secondary N) is 1.